The summed E-state index contributed by atoms with van der Waals surface area (Å²) < 4.78 is 2.51. The Morgan fingerprint density at radius 3 is 1.91 bits per heavy atom. The lowest BCUT2D eigenvalue weighted by molar-refractivity contribution is 0.749. The van der Waals surface area contributed by atoms with Gasteiger partial charge in [-0.15, -0.1) is 0 Å². The van der Waals surface area contributed by atoms with Crippen LogP contribution in [0, 0.1) is 6.92 Å². The Morgan fingerprint density at radius 2 is 1.04 bits per heavy atom. The first-order valence-electron chi connectivity index (χ1n) is 15.8. The number of aromatic nitrogens is 1. The third-order valence-electron chi connectivity index (χ3n) is 10.2. The van der Waals surface area contributed by atoms with Crippen LogP contribution in [0.3, 0.4) is 0 Å². The van der Waals surface area contributed by atoms with Crippen molar-refractivity contribution in [2.75, 3.05) is 0 Å². The smallest absolute Gasteiger partial charge is 0.0754 e. The lowest BCUT2D eigenvalue weighted by Gasteiger charge is -2.39. The molecule has 1 aliphatic carbocycles. The molecule has 1 atom stereocenters. The van der Waals surface area contributed by atoms with Crippen LogP contribution in [0.2, 0.25) is 0 Å². The van der Waals surface area contributed by atoms with Crippen LogP contribution in [0.25, 0.3) is 60.9 Å². The molecule has 1 aliphatic heterocycles. The van der Waals surface area contributed by atoms with Gasteiger partial charge in [0.15, 0.2) is 0 Å². The van der Waals surface area contributed by atoms with E-state index in [1.54, 1.807) is 0 Å². The maximum Gasteiger partial charge on any atom is 0.0754 e. The van der Waals surface area contributed by atoms with Gasteiger partial charge >= 0.3 is 0 Å². The number of hydrogen-bond acceptors (Lipinski definition) is 0. The van der Waals surface area contributed by atoms with Crippen LogP contribution in [0.15, 0.2) is 158 Å². The van der Waals surface area contributed by atoms with Crippen LogP contribution in [0.4, 0.5) is 0 Å². The van der Waals surface area contributed by atoms with E-state index in [0.717, 1.165) is 0 Å². The normalized spacial score (nSPS) is 15.8. The molecule has 0 radical (unpaired) electrons. The Kier molecular flexibility index (Phi) is 4.91. The van der Waals surface area contributed by atoms with Crippen LogP contribution in [0.5, 0.6) is 0 Å². The van der Waals surface area contributed by atoms with Crippen LogP contribution in [0.1, 0.15) is 27.8 Å². The van der Waals surface area contributed by atoms with E-state index in [9.17, 15) is 0 Å². The fourth-order valence-electron chi connectivity index (χ4n) is 8.44. The average molecular weight is 572 g/mol. The Bertz CT molecular complexity index is 2510. The van der Waals surface area contributed by atoms with E-state index in [4.69, 9.17) is 0 Å². The standard InChI is InChI=1S/C44H29N/c1-28-11-8-12-29(25-28)30-13-9-14-31(26-30)32-23-24-34-33-15-2-4-18-37(33)44(40(34)27-32)38-19-5-7-22-42(38)45-41-21-6-3-16-35(41)36-17-10-20-39(44)43(36)45/h2-27H,1H3. The fourth-order valence-corrected chi connectivity index (χ4v) is 8.44. The van der Waals surface area contributed by atoms with Crippen molar-refractivity contribution in [3.05, 3.63) is 186 Å². The zero-order valence-electron chi connectivity index (χ0n) is 25.0. The zero-order chi connectivity index (χ0) is 29.7. The van der Waals surface area contributed by atoms with Gasteiger partial charge in [0, 0.05) is 10.8 Å². The minimum atomic E-state index is -0.434. The van der Waals surface area contributed by atoms with Gasteiger partial charge in [0.25, 0.3) is 0 Å². The number of rotatable bonds is 2. The Balaban J connectivity index is 1.31. The molecule has 1 nitrogen and oxygen atoms in total. The van der Waals surface area contributed by atoms with Crippen molar-refractivity contribution in [1.29, 1.82) is 0 Å². The Labute approximate surface area is 262 Å². The van der Waals surface area contributed by atoms with Crippen LogP contribution >= 0.6 is 0 Å². The van der Waals surface area contributed by atoms with E-state index in [0.29, 0.717) is 0 Å². The van der Waals surface area contributed by atoms with E-state index < -0.39 is 5.41 Å². The summed E-state index contributed by atoms with van der Waals surface area (Å²) in [7, 11) is 0. The molecule has 0 saturated carbocycles. The molecular formula is C44H29N. The summed E-state index contributed by atoms with van der Waals surface area (Å²) in [5, 5.41) is 2.61. The predicted molar refractivity (Wildman–Crippen MR) is 187 cm³/mol. The number of fused-ring (bicyclic) bond motifs is 12. The van der Waals surface area contributed by atoms with Crippen molar-refractivity contribution in [1.82, 2.24) is 4.57 Å². The summed E-state index contributed by atoms with van der Waals surface area (Å²) in [6.07, 6.45) is 0. The van der Waals surface area contributed by atoms with E-state index in [-0.39, 0.29) is 0 Å². The number of benzene rings is 7. The summed E-state index contributed by atoms with van der Waals surface area (Å²) in [6, 6.07) is 58.9. The molecule has 0 bridgehead atoms. The summed E-state index contributed by atoms with van der Waals surface area (Å²) in [5.41, 5.74) is 17.7. The van der Waals surface area contributed by atoms with E-state index >= 15 is 0 Å². The first-order chi connectivity index (χ1) is 22.2. The van der Waals surface area contributed by atoms with Crippen molar-refractivity contribution in [3.8, 4) is 39.1 Å². The second-order valence-corrected chi connectivity index (χ2v) is 12.6. The number of para-hydroxylation sites is 3. The highest BCUT2D eigenvalue weighted by atomic mass is 15.0. The van der Waals surface area contributed by atoms with Crippen LogP contribution in [-0.4, -0.2) is 4.57 Å². The first-order valence-corrected chi connectivity index (χ1v) is 15.8. The molecule has 0 fully saturated rings. The van der Waals surface area contributed by atoms with Gasteiger partial charge in [-0.3, -0.25) is 0 Å². The molecule has 1 spiro atoms. The second kappa shape index (κ2) is 8.94. The van der Waals surface area contributed by atoms with Crippen LogP contribution < -0.4 is 0 Å². The molecular weight excluding hydrogens is 542 g/mol. The summed E-state index contributed by atoms with van der Waals surface area (Å²) in [5.74, 6) is 0. The molecule has 10 rings (SSSR count). The van der Waals surface area contributed by atoms with Gasteiger partial charge in [-0.25, -0.2) is 0 Å². The van der Waals surface area contributed by atoms with Crippen molar-refractivity contribution < 1.29 is 0 Å². The number of nitrogens with zero attached hydrogens (tertiary/aromatic N) is 1. The topological polar surface area (TPSA) is 4.93 Å². The maximum atomic E-state index is 2.51. The molecule has 8 aromatic rings. The molecule has 0 N–H and O–H groups in total. The van der Waals surface area contributed by atoms with E-state index in [1.807, 2.05) is 0 Å². The number of aryl methyl sites for hydroxylation is 1. The molecule has 0 saturated heterocycles. The molecule has 210 valence electrons. The SMILES string of the molecule is Cc1cccc(-c2cccc(-c3ccc4c(c3)C3(c5ccccc5-4)c4ccccc4-n4c5ccccc5c5cccc3c54)c2)c1. The molecule has 0 amide bonds. The first kappa shape index (κ1) is 24.7. The van der Waals surface area contributed by atoms with Gasteiger partial charge in [0.2, 0.25) is 0 Å². The average Bonchev–Trinajstić information content (AvgIpc) is 3.59. The van der Waals surface area contributed by atoms with Crippen molar-refractivity contribution in [2.24, 2.45) is 0 Å². The zero-order valence-corrected chi connectivity index (χ0v) is 25.0. The highest BCUT2D eigenvalue weighted by molar-refractivity contribution is 6.12. The van der Waals surface area contributed by atoms with Crippen LogP contribution in [-0.2, 0) is 5.41 Å². The molecule has 7 aromatic carbocycles. The molecule has 1 unspecified atom stereocenters. The van der Waals surface area contributed by atoms with E-state index in [1.165, 1.54) is 88.7 Å². The van der Waals surface area contributed by atoms with Gasteiger partial charge in [-0.1, -0.05) is 139 Å². The van der Waals surface area contributed by atoms with Gasteiger partial charge in [0.1, 0.15) is 0 Å². The van der Waals surface area contributed by atoms with Gasteiger partial charge in [0.05, 0.1) is 22.1 Å². The monoisotopic (exact) mass is 571 g/mol. The highest BCUT2D eigenvalue weighted by Gasteiger charge is 2.50. The fraction of sp³-hybridized carbons (Fsp3) is 0.0455. The van der Waals surface area contributed by atoms with Gasteiger partial charge in [-0.2, -0.15) is 0 Å². The lowest BCUT2D eigenvalue weighted by Crippen LogP contribution is -2.33. The molecule has 2 aliphatic rings. The van der Waals surface area contributed by atoms with Crippen molar-refractivity contribution in [2.45, 2.75) is 12.3 Å². The third-order valence-corrected chi connectivity index (χ3v) is 10.2. The van der Waals surface area contributed by atoms with Gasteiger partial charge in [-0.05, 0) is 86.8 Å². The predicted octanol–water partition coefficient (Wildman–Crippen LogP) is 11.1. The van der Waals surface area contributed by atoms with Crippen molar-refractivity contribution >= 4 is 21.8 Å². The lowest BCUT2D eigenvalue weighted by atomic mass is 9.65. The summed E-state index contributed by atoms with van der Waals surface area (Å²) in [6.45, 7) is 2.16. The second-order valence-electron chi connectivity index (χ2n) is 12.6. The molecule has 2 heterocycles. The highest BCUT2D eigenvalue weighted by Crippen LogP contribution is 2.61. The quantitative estimate of drug-likeness (QED) is 0.194. The Hall–Kier alpha value is -5.66. The van der Waals surface area contributed by atoms with Crippen molar-refractivity contribution in [3.63, 3.8) is 0 Å². The van der Waals surface area contributed by atoms with Gasteiger partial charge < -0.3 is 4.57 Å². The summed E-state index contributed by atoms with van der Waals surface area (Å²) >= 11 is 0. The molecule has 45 heavy (non-hydrogen) atoms. The third kappa shape index (κ3) is 3.17. The minimum Gasteiger partial charge on any atom is -0.309 e. The number of hydrogen-bond donors (Lipinski definition) is 0. The summed E-state index contributed by atoms with van der Waals surface area (Å²) in [4.78, 5) is 0. The molecule has 1 heteroatoms. The maximum absolute atomic E-state index is 2.51. The molecule has 1 aromatic heterocycles. The Morgan fingerprint density at radius 1 is 0.422 bits per heavy atom. The largest absolute Gasteiger partial charge is 0.309 e. The minimum absolute atomic E-state index is 0.434. The van der Waals surface area contributed by atoms with E-state index in [2.05, 4.69) is 169 Å².